The SMILES string of the molecule is Cc1nc2cc(C3C=CCN3C(=O)C(C)(C)C)[nH]n2c(=O)c1C. The molecule has 0 bridgehead atoms. The molecule has 0 aromatic carbocycles. The molecule has 1 atom stereocenters. The number of aromatic amines is 1. The number of carbonyl (C=O) groups is 1. The molecule has 3 rings (SSSR count). The number of hydrogen-bond donors (Lipinski definition) is 1. The molecular weight excluding hydrogens is 292 g/mol. The molecule has 3 heterocycles. The first-order chi connectivity index (χ1) is 10.7. The van der Waals surface area contributed by atoms with Gasteiger partial charge in [-0.3, -0.25) is 14.7 Å². The Kier molecular flexibility index (Phi) is 3.43. The molecule has 2 aromatic rings. The molecule has 1 unspecified atom stereocenters. The summed E-state index contributed by atoms with van der Waals surface area (Å²) in [6.45, 7) is 9.91. The summed E-state index contributed by atoms with van der Waals surface area (Å²) in [7, 11) is 0. The van der Waals surface area contributed by atoms with Crippen molar-refractivity contribution in [1.29, 1.82) is 0 Å². The molecule has 1 aliphatic heterocycles. The summed E-state index contributed by atoms with van der Waals surface area (Å²) in [6, 6.07) is 1.65. The van der Waals surface area contributed by atoms with Gasteiger partial charge in [0.15, 0.2) is 5.65 Å². The van der Waals surface area contributed by atoms with Crippen LogP contribution in [0.2, 0.25) is 0 Å². The van der Waals surface area contributed by atoms with Gasteiger partial charge in [-0.25, -0.2) is 9.50 Å². The summed E-state index contributed by atoms with van der Waals surface area (Å²) in [4.78, 5) is 31.2. The van der Waals surface area contributed by atoms with Crippen LogP contribution in [0.3, 0.4) is 0 Å². The quantitative estimate of drug-likeness (QED) is 0.820. The molecule has 0 saturated carbocycles. The second-order valence-electron chi connectivity index (χ2n) is 7.11. The van der Waals surface area contributed by atoms with Crippen molar-refractivity contribution in [2.24, 2.45) is 5.41 Å². The van der Waals surface area contributed by atoms with Crippen molar-refractivity contribution in [3.05, 3.63) is 45.5 Å². The van der Waals surface area contributed by atoms with Gasteiger partial charge in [0.2, 0.25) is 5.91 Å². The van der Waals surface area contributed by atoms with E-state index < -0.39 is 5.41 Å². The molecule has 23 heavy (non-hydrogen) atoms. The van der Waals surface area contributed by atoms with E-state index in [4.69, 9.17) is 0 Å². The maximum Gasteiger partial charge on any atom is 0.275 e. The maximum atomic E-state index is 12.6. The third kappa shape index (κ3) is 2.48. The van der Waals surface area contributed by atoms with Crippen LogP contribution in [0.15, 0.2) is 23.0 Å². The molecule has 1 N–H and O–H groups in total. The first kappa shape index (κ1) is 15.5. The van der Waals surface area contributed by atoms with Gasteiger partial charge in [0, 0.05) is 29.3 Å². The smallest absolute Gasteiger partial charge is 0.275 e. The Morgan fingerprint density at radius 3 is 2.70 bits per heavy atom. The van der Waals surface area contributed by atoms with Crippen molar-refractivity contribution in [3.8, 4) is 0 Å². The lowest BCUT2D eigenvalue weighted by Gasteiger charge is -2.30. The Hall–Kier alpha value is -2.37. The zero-order valence-electron chi connectivity index (χ0n) is 14.2. The lowest BCUT2D eigenvalue weighted by Crippen LogP contribution is -2.39. The maximum absolute atomic E-state index is 12.6. The molecule has 2 aromatic heterocycles. The van der Waals surface area contributed by atoms with Crippen molar-refractivity contribution in [1.82, 2.24) is 19.5 Å². The summed E-state index contributed by atoms with van der Waals surface area (Å²) in [5.74, 6) is 0.0822. The minimum absolute atomic E-state index is 0.0822. The Labute approximate surface area is 134 Å². The Balaban J connectivity index is 2.06. The highest BCUT2D eigenvalue weighted by Crippen LogP contribution is 2.30. The summed E-state index contributed by atoms with van der Waals surface area (Å²) >= 11 is 0. The standard InChI is InChI=1S/C17H22N4O2/c1-10-11(2)18-14-9-12(19-21(14)15(10)22)13-7-6-8-20(13)16(23)17(3,4)5/h6-7,9,13,19H,8H2,1-5H3. The molecule has 0 radical (unpaired) electrons. The fourth-order valence-electron chi connectivity index (χ4n) is 2.82. The monoisotopic (exact) mass is 314 g/mol. The molecular formula is C17H22N4O2. The molecule has 0 fully saturated rings. The van der Waals surface area contributed by atoms with Crippen LogP contribution in [0.25, 0.3) is 5.65 Å². The van der Waals surface area contributed by atoms with Crippen LogP contribution in [-0.4, -0.2) is 31.9 Å². The molecule has 1 aliphatic rings. The highest BCUT2D eigenvalue weighted by molar-refractivity contribution is 5.82. The topological polar surface area (TPSA) is 70.5 Å². The van der Waals surface area contributed by atoms with Crippen molar-refractivity contribution in [3.63, 3.8) is 0 Å². The first-order valence-electron chi connectivity index (χ1n) is 7.77. The highest BCUT2D eigenvalue weighted by Gasteiger charge is 2.34. The lowest BCUT2D eigenvalue weighted by atomic mass is 9.94. The van der Waals surface area contributed by atoms with Gasteiger partial charge in [-0.05, 0) is 13.8 Å². The molecule has 1 amide bonds. The van der Waals surface area contributed by atoms with E-state index in [9.17, 15) is 9.59 Å². The lowest BCUT2D eigenvalue weighted by molar-refractivity contribution is -0.140. The number of aromatic nitrogens is 3. The van der Waals surface area contributed by atoms with Gasteiger partial charge in [-0.15, -0.1) is 0 Å². The minimum atomic E-state index is -0.446. The molecule has 6 heteroatoms. The van der Waals surface area contributed by atoms with Gasteiger partial charge >= 0.3 is 0 Å². The summed E-state index contributed by atoms with van der Waals surface area (Å²) < 4.78 is 1.45. The highest BCUT2D eigenvalue weighted by atomic mass is 16.2. The van der Waals surface area contributed by atoms with Gasteiger partial charge in [-0.1, -0.05) is 32.9 Å². The zero-order chi connectivity index (χ0) is 16.9. The predicted octanol–water partition coefficient (Wildman–Crippen LogP) is 2.13. The van der Waals surface area contributed by atoms with Gasteiger partial charge in [0.25, 0.3) is 5.56 Å². The van der Waals surface area contributed by atoms with Crippen molar-refractivity contribution in [2.75, 3.05) is 6.54 Å². The van der Waals surface area contributed by atoms with E-state index in [0.717, 1.165) is 11.4 Å². The molecule has 0 spiro atoms. The van der Waals surface area contributed by atoms with Crippen LogP contribution in [0.4, 0.5) is 0 Å². The van der Waals surface area contributed by atoms with E-state index in [1.54, 1.807) is 6.92 Å². The molecule has 122 valence electrons. The molecule has 0 saturated heterocycles. The average molecular weight is 314 g/mol. The second-order valence-corrected chi connectivity index (χ2v) is 7.11. The first-order valence-corrected chi connectivity index (χ1v) is 7.77. The third-order valence-corrected chi connectivity index (χ3v) is 4.28. The number of amides is 1. The van der Waals surface area contributed by atoms with Crippen LogP contribution in [-0.2, 0) is 4.79 Å². The van der Waals surface area contributed by atoms with Crippen LogP contribution in [0.5, 0.6) is 0 Å². The van der Waals surface area contributed by atoms with Gasteiger partial charge in [0.05, 0.1) is 11.7 Å². The Morgan fingerprint density at radius 2 is 2.04 bits per heavy atom. The second kappa shape index (κ2) is 5.08. The van der Waals surface area contributed by atoms with Gasteiger partial charge in [0.1, 0.15) is 0 Å². The third-order valence-electron chi connectivity index (χ3n) is 4.28. The van der Waals surface area contributed by atoms with Crippen molar-refractivity contribution in [2.45, 2.75) is 40.7 Å². The summed E-state index contributed by atoms with van der Waals surface area (Å²) in [5.41, 5.74) is 2.18. The number of aryl methyl sites for hydroxylation is 1. The zero-order valence-corrected chi connectivity index (χ0v) is 14.2. The van der Waals surface area contributed by atoms with Crippen molar-refractivity contribution >= 4 is 11.6 Å². The van der Waals surface area contributed by atoms with Crippen molar-refractivity contribution < 1.29 is 4.79 Å². The summed E-state index contributed by atoms with van der Waals surface area (Å²) in [5, 5.41) is 3.11. The Morgan fingerprint density at radius 1 is 1.35 bits per heavy atom. The number of hydrogen-bond acceptors (Lipinski definition) is 3. The minimum Gasteiger partial charge on any atom is -0.326 e. The van der Waals surface area contributed by atoms with E-state index in [0.29, 0.717) is 17.8 Å². The van der Waals surface area contributed by atoms with Gasteiger partial charge in [-0.2, -0.15) is 0 Å². The molecule has 6 nitrogen and oxygen atoms in total. The number of H-pyrrole nitrogens is 1. The average Bonchev–Trinajstić information content (AvgIpc) is 3.09. The number of nitrogens with zero attached hydrogens (tertiary/aromatic N) is 3. The van der Waals surface area contributed by atoms with Crippen LogP contribution in [0.1, 0.15) is 43.8 Å². The number of nitrogens with one attached hydrogen (secondary N) is 1. The number of carbonyl (C=O) groups excluding carboxylic acids is 1. The largest absolute Gasteiger partial charge is 0.326 e. The van der Waals surface area contributed by atoms with E-state index in [-0.39, 0.29) is 17.5 Å². The fraction of sp³-hybridized carbons (Fsp3) is 0.471. The fourth-order valence-corrected chi connectivity index (χ4v) is 2.82. The van der Waals surface area contributed by atoms with Crippen LogP contribution >= 0.6 is 0 Å². The molecule has 0 aliphatic carbocycles. The number of rotatable bonds is 1. The van der Waals surface area contributed by atoms with Crippen LogP contribution < -0.4 is 5.56 Å². The number of fused-ring (bicyclic) bond motifs is 1. The van der Waals surface area contributed by atoms with E-state index in [1.807, 2.05) is 50.8 Å². The normalized spacial score (nSPS) is 18.1. The predicted molar refractivity (Wildman–Crippen MR) is 88.3 cm³/mol. The van der Waals surface area contributed by atoms with Crippen LogP contribution in [0, 0.1) is 19.3 Å². The van der Waals surface area contributed by atoms with E-state index in [1.165, 1.54) is 4.52 Å². The Bertz CT molecular complexity index is 867. The van der Waals surface area contributed by atoms with E-state index in [2.05, 4.69) is 10.1 Å². The van der Waals surface area contributed by atoms with E-state index >= 15 is 0 Å². The summed E-state index contributed by atoms with van der Waals surface area (Å²) in [6.07, 6.45) is 3.96. The van der Waals surface area contributed by atoms with Gasteiger partial charge < -0.3 is 4.90 Å².